The Labute approximate surface area is 83.4 Å². The van der Waals surface area contributed by atoms with Crippen LogP contribution in [0.1, 0.15) is 10.4 Å². The van der Waals surface area contributed by atoms with Crippen LogP contribution in [0.15, 0.2) is 23.1 Å². The first-order valence-electron chi connectivity index (χ1n) is 4.11. The molecule has 15 heavy (non-hydrogen) atoms. The van der Waals surface area contributed by atoms with Gasteiger partial charge in [-0.05, 0) is 12.1 Å². The molecule has 0 saturated heterocycles. The van der Waals surface area contributed by atoms with Crippen LogP contribution in [0.2, 0.25) is 0 Å². The number of nitrogens with one attached hydrogen (secondary N) is 1. The SMILES string of the molecule is Nc1c(C(=O)O)c(=O)[nH]c2ncccc12. The van der Waals surface area contributed by atoms with Gasteiger partial charge in [0.2, 0.25) is 0 Å². The van der Waals surface area contributed by atoms with Crippen molar-refractivity contribution in [3.8, 4) is 0 Å². The van der Waals surface area contributed by atoms with Gasteiger partial charge in [0.05, 0.1) is 5.69 Å². The zero-order valence-electron chi connectivity index (χ0n) is 7.52. The molecule has 2 aromatic rings. The predicted octanol–water partition coefficient (Wildman–Crippen LogP) is 0.203. The summed E-state index contributed by atoms with van der Waals surface area (Å²) >= 11 is 0. The van der Waals surface area contributed by atoms with E-state index in [0.29, 0.717) is 5.39 Å². The average Bonchev–Trinajstić information content (AvgIpc) is 2.17. The highest BCUT2D eigenvalue weighted by Gasteiger charge is 2.16. The first kappa shape index (κ1) is 9.20. The van der Waals surface area contributed by atoms with E-state index in [1.165, 1.54) is 6.20 Å². The van der Waals surface area contributed by atoms with E-state index in [-0.39, 0.29) is 11.3 Å². The summed E-state index contributed by atoms with van der Waals surface area (Å²) in [5, 5.41) is 9.21. The summed E-state index contributed by atoms with van der Waals surface area (Å²) in [7, 11) is 0. The Kier molecular flexibility index (Phi) is 1.89. The summed E-state index contributed by atoms with van der Waals surface area (Å²) in [5.74, 6) is -1.35. The predicted molar refractivity (Wildman–Crippen MR) is 53.7 cm³/mol. The molecular formula is C9H7N3O3. The van der Waals surface area contributed by atoms with Crippen LogP contribution in [0.4, 0.5) is 5.69 Å². The Morgan fingerprint density at radius 2 is 2.27 bits per heavy atom. The Hall–Kier alpha value is -2.37. The number of H-pyrrole nitrogens is 1. The van der Waals surface area contributed by atoms with Gasteiger partial charge < -0.3 is 15.8 Å². The third-order valence-electron chi connectivity index (χ3n) is 2.04. The molecule has 0 bridgehead atoms. The van der Waals surface area contributed by atoms with Gasteiger partial charge in [-0.1, -0.05) is 0 Å². The maximum Gasteiger partial charge on any atom is 0.343 e. The van der Waals surface area contributed by atoms with Gasteiger partial charge in [-0.2, -0.15) is 0 Å². The smallest absolute Gasteiger partial charge is 0.343 e. The number of carboxylic acid groups (broad SMARTS) is 1. The lowest BCUT2D eigenvalue weighted by atomic mass is 10.1. The number of pyridine rings is 2. The Morgan fingerprint density at radius 1 is 1.53 bits per heavy atom. The van der Waals surface area contributed by atoms with Gasteiger partial charge in [-0.25, -0.2) is 9.78 Å². The van der Waals surface area contributed by atoms with E-state index in [2.05, 4.69) is 9.97 Å². The summed E-state index contributed by atoms with van der Waals surface area (Å²) in [6.45, 7) is 0. The summed E-state index contributed by atoms with van der Waals surface area (Å²) in [6, 6.07) is 3.21. The third-order valence-corrected chi connectivity index (χ3v) is 2.04. The quantitative estimate of drug-likeness (QED) is 0.616. The van der Waals surface area contributed by atoms with Gasteiger partial charge in [-0.15, -0.1) is 0 Å². The number of hydrogen-bond acceptors (Lipinski definition) is 4. The van der Waals surface area contributed by atoms with Crippen molar-refractivity contribution < 1.29 is 9.90 Å². The number of anilines is 1. The molecule has 2 heterocycles. The second kappa shape index (κ2) is 3.09. The van der Waals surface area contributed by atoms with Crippen LogP contribution in [-0.2, 0) is 0 Å². The minimum absolute atomic E-state index is 0.0608. The zero-order valence-corrected chi connectivity index (χ0v) is 7.52. The van der Waals surface area contributed by atoms with Crippen LogP contribution < -0.4 is 11.3 Å². The highest BCUT2D eigenvalue weighted by atomic mass is 16.4. The van der Waals surface area contributed by atoms with Crippen LogP contribution >= 0.6 is 0 Å². The van der Waals surface area contributed by atoms with Gasteiger partial charge >= 0.3 is 5.97 Å². The summed E-state index contributed by atoms with van der Waals surface area (Å²) < 4.78 is 0. The summed E-state index contributed by atoms with van der Waals surface area (Å²) in [6.07, 6.45) is 1.48. The van der Waals surface area contributed by atoms with Crippen LogP contribution in [0.3, 0.4) is 0 Å². The van der Waals surface area contributed by atoms with Crippen molar-refractivity contribution in [3.05, 3.63) is 34.2 Å². The molecule has 0 unspecified atom stereocenters. The number of hydrogen-bond donors (Lipinski definition) is 3. The van der Waals surface area contributed by atoms with Gasteiger partial charge in [0, 0.05) is 11.6 Å². The molecule has 0 fully saturated rings. The first-order valence-corrected chi connectivity index (χ1v) is 4.11. The van der Waals surface area contributed by atoms with E-state index < -0.39 is 17.1 Å². The fourth-order valence-corrected chi connectivity index (χ4v) is 1.36. The Morgan fingerprint density at radius 3 is 2.93 bits per heavy atom. The molecule has 0 atom stereocenters. The van der Waals surface area contributed by atoms with E-state index in [1.807, 2.05) is 0 Å². The number of nitrogens with zero attached hydrogens (tertiary/aromatic N) is 1. The van der Waals surface area contributed by atoms with E-state index in [0.717, 1.165) is 0 Å². The number of rotatable bonds is 1. The Bertz CT molecular complexity index is 603. The molecule has 0 saturated carbocycles. The minimum Gasteiger partial charge on any atom is -0.477 e. The van der Waals surface area contributed by atoms with Crippen LogP contribution in [-0.4, -0.2) is 21.0 Å². The third kappa shape index (κ3) is 1.32. The van der Waals surface area contributed by atoms with Crippen molar-refractivity contribution >= 4 is 22.7 Å². The van der Waals surface area contributed by atoms with Crippen LogP contribution in [0, 0.1) is 0 Å². The normalized spacial score (nSPS) is 10.4. The molecule has 0 aliphatic heterocycles. The van der Waals surface area contributed by atoms with Gasteiger partial charge in [-0.3, -0.25) is 4.79 Å². The van der Waals surface area contributed by atoms with Crippen molar-refractivity contribution in [2.24, 2.45) is 0 Å². The van der Waals surface area contributed by atoms with Crippen molar-refractivity contribution in [2.75, 3.05) is 5.73 Å². The lowest BCUT2D eigenvalue weighted by molar-refractivity contribution is 0.0696. The van der Waals surface area contributed by atoms with Crippen molar-refractivity contribution in [3.63, 3.8) is 0 Å². The second-order valence-electron chi connectivity index (χ2n) is 2.95. The molecule has 0 amide bonds. The number of fused-ring (bicyclic) bond motifs is 1. The van der Waals surface area contributed by atoms with Crippen molar-refractivity contribution in [1.82, 2.24) is 9.97 Å². The number of nitrogen functional groups attached to an aromatic ring is 1. The monoisotopic (exact) mass is 205 g/mol. The molecule has 6 nitrogen and oxygen atoms in total. The maximum atomic E-state index is 11.3. The highest BCUT2D eigenvalue weighted by molar-refractivity contribution is 6.02. The van der Waals surface area contributed by atoms with Gasteiger partial charge in [0.15, 0.2) is 0 Å². The van der Waals surface area contributed by atoms with E-state index in [9.17, 15) is 9.59 Å². The molecule has 4 N–H and O–H groups in total. The lowest BCUT2D eigenvalue weighted by Gasteiger charge is -2.03. The van der Waals surface area contributed by atoms with Crippen molar-refractivity contribution in [1.29, 1.82) is 0 Å². The fourth-order valence-electron chi connectivity index (χ4n) is 1.36. The largest absolute Gasteiger partial charge is 0.477 e. The average molecular weight is 205 g/mol. The number of aromatic carboxylic acids is 1. The number of aromatic nitrogens is 2. The minimum atomic E-state index is -1.35. The number of nitrogens with two attached hydrogens (primary N) is 1. The topological polar surface area (TPSA) is 109 Å². The summed E-state index contributed by atoms with van der Waals surface area (Å²) in [4.78, 5) is 28.3. The maximum absolute atomic E-state index is 11.3. The molecule has 2 aromatic heterocycles. The van der Waals surface area contributed by atoms with Gasteiger partial charge in [0.1, 0.15) is 11.2 Å². The van der Waals surface area contributed by atoms with E-state index >= 15 is 0 Å². The molecule has 6 heteroatoms. The molecule has 0 aliphatic carbocycles. The molecule has 0 spiro atoms. The fraction of sp³-hybridized carbons (Fsp3) is 0. The standard InChI is InChI=1S/C9H7N3O3/c10-6-4-2-1-3-11-7(4)12-8(13)5(6)9(14)15/h1-3H,(H,14,15)(H3,10,11,12,13). The highest BCUT2D eigenvalue weighted by Crippen LogP contribution is 2.18. The Balaban J connectivity index is 2.97. The molecule has 2 rings (SSSR count). The first-order chi connectivity index (χ1) is 7.11. The van der Waals surface area contributed by atoms with Crippen LogP contribution in [0.25, 0.3) is 11.0 Å². The number of carbonyl (C=O) groups is 1. The molecule has 0 aromatic carbocycles. The lowest BCUT2D eigenvalue weighted by Crippen LogP contribution is -2.20. The van der Waals surface area contributed by atoms with Crippen LogP contribution in [0.5, 0.6) is 0 Å². The number of carboxylic acids is 1. The molecule has 0 radical (unpaired) electrons. The molecular weight excluding hydrogens is 198 g/mol. The van der Waals surface area contributed by atoms with Crippen molar-refractivity contribution in [2.45, 2.75) is 0 Å². The number of aromatic amines is 1. The molecule has 76 valence electrons. The summed E-state index contributed by atoms with van der Waals surface area (Å²) in [5.41, 5.74) is 4.61. The molecule has 0 aliphatic rings. The zero-order chi connectivity index (χ0) is 11.0. The van der Waals surface area contributed by atoms with Gasteiger partial charge in [0.25, 0.3) is 5.56 Å². The van der Waals surface area contributed by atoms with E-state index in [1.54, 1.807) is 12.1 Å². The second-order valence-corrected chi connectivity index (χ2v) is 2.95. The van der Waals surface area contributed by atoms with E-state index in [4.69, 9.17) is 10.8 Å².